The number of para-hydroxylation sites is 1. The first-order valence-electron chi connectivity index (χ1n) is 10.7. The molecule has 0 bridgehead atoms. The summed E-state index contributed by atoms with van der Waals surface area (Å²) in [6, 6.07) is 14.7. The molecule has 172 valence electrons. The number of benzene rings is 2. The van der Waals surface area contributed by atoms with E-state index in [4.69, 9.17) is 4.74 Å². The van der Waals surface area contributed by atoms with Gasteiger partial charge in [0.1, 0.15) is 0 Å². The molecule has 0 aliphatic carbocycles. The molecule has 7 nitrogen and oxygen atoms in total. The number of hydrogen-bond donors (Lipinski definition) is 0. The lowest BCUT2D eigenvalue weighted by Gasteiger charge is -2.34. The molecule has 1 amide bonds. The summed E-state index contributed by atoms with van der Waals surface area (Å²) in [5.41, 5.74) is 0.877. The highest BCUT2D eigenvalue weighted by molar-refractivity contribution is 7.89. The van der Waals surface area contributed by atoms with Gasteiger partial charge < -0.3 is 9.64 Å². The molecule has 3 atom stereocenters. The van der Waals surface area contributed by atoms with Crippen LogP contribution in [0.2, 0.25) is 0 Å². The SMILES string of the molecule is C[C@@H]1C[C@@H](C)CN(S(=O)(=O)c2ccc(C(=O)O[C@@H](C)C(=O)N(C)c3ccccc3)cc2)C1. The quantitative estimate of drug-likeness (QED) is 0.618. The molecule has 8 heteroatoms. The Bertz CT molecular complexity index is 1040. The highest BCUT2D eigenvalue weighted by Gasteiger charge is 2.32. The molecule has 0 radical (unpaired) electrons. The number of carbonyl (C=O) groups excluding carboxylic acids is 2. The monoisotopic (exact) mass is 458 g/mol. The van der Waals surface area contributed by atoms with Gasteiger partial charge in [0.15, 0.2) is 6.10 Å². The Morgan fingerprint density at radius 2 is 1.56 bits per heavy atom. The fourth-order valence-corrected chi connectivity index (χ4v) is 5.72. The summed E-state index contributed by atoms with van der Waals surface area (Å²) in [5, 5.41) is 0. The van der Waals surface area contributed by atoms with Crippen molar-refractivity contribution in [1.82, 2.24) is 4.31 Å². The van der Waals surface area contributed by atoms with Crippen molar-refractivity contribution in [2.24, 2.45) is 11.8 Å². The molecule has 0 spiro atoms. The van der Waals surface area contributed by atoms with Crippen molar-refractivity contribution in [2.45, 2.75) is 38.2 Å². The maximum atomic E-state index is 13.0. The summed E-state index contributed by atoms with van der Waals surface area (Å²) in [6.45, 7) is 6.59. The van der Waals surface area contributed by atoms with Crippen molar-refractivity contribution in [3.8, 4) is 0 Å². The molecule has 2 aromatic rings. The van der Waals surface area contributed by atoms with Gasteiger partial charge in [0.2, 0.25) is 10.0 Å². The molecular formula is C24H30N2O5S. The number of ether oxygens (including phenoxy) is 1. The van der Waals surface area contributed by atoms with Crippen molar-refractivity contribution in [3.63, 3.8) is 0 Å². The Hall–Kier alpha value is -2.71. The summed E-state index contributed by atoms with van der Waals surface area (Å²) >= 11 is 0. The van der Waals surface area contributed by atoms with E-state index in [-0.39, 0.29) is 16.4 Å². The molecule has 1 aliphatic rings. The van der Waals surface area contributed by atoms with Crippen molar-refractivity contribution >= 4 is 27.6 Å². The molecule has 1 aliphatic heterocycles. The summed E-state index contributed by atoms with van der Waals surface area (Å²) in [6.07, 6.45) is 0.0140. The zero-order valence-corrected chi connectivity index (χ0v) is 19.7. The summed E-state index contributed by atoms with van der Waals surface area (Å²) in [5.74, 6) is -0.444. The zero-order valence-electron chi connectivity index (χ0n) is 18.9. The minimum Gasteiger partial charge on any atom is -0.449 e. The van der Waals surface area contributed by atoms with E-state index >= 15 is 0 Å². The largest absolute Gasteiger partial charge is 0.449 e. The summed E-state index contributed by atoms with van der Waals surface area (Å²) < 4.78 is 32.8. The molecule has 1 saturated heterocycles. The number of piperidine rings is 1. The molecule has 1 heterocycles. The summed E-state index contributed by atoms with van der Waals surface area (Å²) in [7, 11) is -2.01. The van der Waals surface area contributed by atoms with Gasteiger partial charge in [-0.05, 0) is 61.6 Å². The maximum absolute atomic E-state index is 13.0. The van der Waals surface area contributed by atoms with E-state index < -0.39 is 22.1 Å². The van der Waals surface area contributed by atoms with Crippen molar-refractivity contribution in [2.75, 3.05) is 25.0 Å². The van der Waals surface area contributed by atoms with Crippen molar-refractivity contribution in [1.29, 1.82) is 0 Å². The minimum absolute atomic E-state index is 0.142. The van der Waals surface area contributed by atoms with Crippen LogP contribution in [-0.2, 0) is 19.6 Å². The third-order valence-corrected chi connectivity index (χ3v) is 7.51. The second kappa shape index (κ2) is 9.83. The predicted octanol–water partition coefficient (Wildman–Crippen LogP) is 3.56. The highest BCUT2D eigenvalue weighted by Crippen LogP contribution is 2.27. The molecule has 0 aromatic heterocycles. The van der Waals surface area contributed by atoms with E-state index in [1.165, 1.54) is 40.4 Å². The third-order valence-electron chi connectivity index (χ3n) is 5.67. The van der Waals surface area contributed by atoms with Gasteiger partial charge in [-0.1, -0.05) is 32.0 Å². The van der Waals surface area contributed by atoms with Crippen LogP contribution in [0.1, 0.15) is 37.6 Å². The van der Waals surface area contributed by atoms with Gasteiger partial charge in [-0.15, -0.1) is 0 Å². The molecule has 3 rings (SSSR count). The molecule has 1 fully saturated rings. The van der Waals surface area contributed by atoms with E-state index in [1.54, 1.807) is 19.2 Å². The van der Waals surface area contributed by atoms with Crippen molar-refractivity contribution in [3.05, 3.63) is 60.2 Å². The number of carbonyl (C=O) groups is 2. The molecule has 32 heavy (non-hydrogen) atoms. The Morgan fingerprint density at radius 1 is 1.00 bits per heavy atom. The lowest BCUT2D eigenvalue weighted by Crippen LogP contribution is -2.42. The van der Waals surface area contributed by atoms with E-state index in [2.05, 4.69) is 13.8 Å². The second-order valence-electron chi connectivity index (χ2n) is 8.57. The van der Waals surface area contributed by atoms with Gasteiger partial charge in [0.25, 0.3) is 5.91 Å². The third kappa shape index (κ3) is 5.37. The van der Waals surface area contributed by atoms with Crippen LogP contribution in [0.4, 0.5) is 5.69 Å². The topological polar surface area (TPSA) is 84.0 Å². The average Bonchev–Trinajstić information content (AvgIpc) is 2.78. The Kier molecular flexibility index (Phi) is 7.36. The van der Waals surface area contributed by atoms with Crippen LogP contribution in [0.3, 0.4) is 0 Å². The first-order valence-corrected chi connectivity index (χ1v) is 12.2. The number of nitrogens with zero attached hydrogens (tertiary/aromatic N) is 2. The maximum Gasteiger partial charge on any atom is 0.338 e. The zero-order chi connectivity index (χ0) is 23.5. The van der Waals surface area contributed by atoms with Gasteiger partial charge in [-0.3, -0.25) is 4.79 Å². The Balaban J connectivity index is 1.66. The number of esters is 1. The van der Waals surface area contributed by atoms with E-state index in [1.807, 2.05) is 18.2 Å². The van der Waals surface area contributed by atoms with Gasteiger partial charge >= 0.3 is 5.97 Å². The minimum atomic E-state index is -3.63. The second-order valence-corrected chi connectivity index (χ2v) is 10.5. The average molecular weight is 459 g/mol. The van der Waals surface area contributed by atoms with E-state index in [0.29, 0.717) is 30.6 Å². The van der Waals surface area contributed by atoms with Gasteiger partial charge in [0.05, 0.1) is 10.5 Å². The standard InChI is InChI=1S/C24H30N2O5S/c1-17-14-18(2)16-26(15-17)32(29,30)22-12-10-20(11-13-22)24(28)31-19(3)23(27)25(4)21-8-6-5-7-9-21/h5-13,17-19H,14-16H2,1-4H3/t17-,18-,19+/m1/s1. The van der Waals surface area contributed by atoms with Crippen LogP contribution in [0.25, 0.3) is 0 Å². The molecule has 0 saturated carbocycles. The van der Waals surface area contributed by atoms with Crippen LogP contribution in [-0.4, -0.2) is 50.8 Å². The predicted molar refractivity (Wildman–Crippen MR) is 123 cm³/mol. The highest BCUT2D eigenvalue weighted by atomic mass is 32.2. The molecular weight excluding hydrogens is 428 g/mol. The molecule has 0 N–H and O–H groups in total. The van der Waals surface area contributed by atoms with Crippen LogP contribution >= 0.6 is 0 Å². The number of sulfonamides is 1. The normalized spacial score (nSPS) is 20.4. The first kappa shape index (κ1) is 23.9. The van der Waals surface area contributed by atoms with Gasteiger partial charge in [-0.25, -0.2) is 13.2 Å². The number of likely N-dealkylation sites (N-methyl/N-ethyl adjacent to an activating group) is 1. The lowest BCUT2D eigenvalue weighted by atomic mass is 9.94. The number of rotatable bonds is 6. The fourth-order valence-electron chi connectivity index (χ4n) is 4.04. The number of hydrogen-bond acceptors (Lipinski definition) is 5. The first-order chi connectivity index (χ1) is 15.1. The molecule has 0 unspecified atom stereocenters. The van der Waals surface area contributed by atoms with Crippen molar-refractivity contribution < 1.29 is 22.7 Å². The van der Waals surface area contributed by atoms with Crippen LogP contribution in [0.15, 0.2) is 59.5 Å². The fraction of sp³-hybridized carbons (Fsp3) is 0.417. The van der Waals surface area contributed by atoms with Crippen LogP contribution in [0.5, 0.6) is 0 Å². The van der Waals surface area contributed by atoms with Gasteiger partial charge in [0, 0.05) is 25.8 Å². The smallest absolute Gasteiger partial charge is 0.338 e. The lowest BCUT2D eigenvalue weighted by molar-refractivity contribution is -0.126. The summed E-state index contributed by atoms with van der Waals surface area (Å²) in [4.78, 5) is 26.7. The van der Waals surface area contributed by atoms with Crippen LogP contribution in [0, 0.1) is 11.8 Å². The Morgan fingerprint density at radius 3 is 2.12 bits per heavy atom. The molecule has 2 aromatic carbocycles. The van der Waals surface area contributed by atoms with Crippen LogP contribution < -0.4 is 4.90 Å². The number of anilines is 1. The van der Waals surface area contributed by atoms with E-state index in [9.17, 15) is 18.0 Å². The number of amides is 1. The van der Waals surface area contributed by atoms with Gasteiger partial charge in [-0.2, -0.15) is 4.31 Å². The Labute approximate surface area is 190 Å². The van der Waals surface area contributed by atoms with E-state index in [0.717, 1.165) is 6.42 Å².